The molecule has 0 aliphatic carbocycles. The van der Waals surface area contributed by atoms with E-state index in [2.05, 4.69) is 166 Å². The highest BCUT2D eigenvalue weighted by Crippen LogP contribution is 2.51. The second kappa shape index (κ2) is 43.1. The van der Waals surface area contributed by atoms with E-state index < -0.39 is 71.4 Å². The molecule has 15 aromatic rings. The molecule has 2 atom stereocenters. The van der Waals surface area contributed by atoms with Crippen LogP contribution in [0.2, 0.25) is 0 Å². The van der Waals surface area contributed by atoms with Crippen molar-refractivity contribution in [2.75, 3.05) is 26.2 Å². The van der Waals surface area contributed by atoms with E-state index in [0.29, 0.717) is 57.4 Å². The Hall–Kier alpha value is -9.87. The third kappa shape index (κ3) is 25.5. The van der Waals surface area contributed by atoms with Crippen molar-refractivity contribution >= 4 is 105 Å². The first kappa shape index (κ1) is 97.3. The van der Waals surface area contributed by atoms with Gasteiger partial charge in [-0.15, -0.1) is 39.5 Å². The van der Waals surface area contributed by atoms with Crippen molar-refractivity contribution in [2.45, 2.75) is 170 Å². The maximum atomic E-state index is 13.8. The topological polar surface area (TPSA) is 35.5 Å². The van der Waals surface area contributed by atoms with Crippen LogP contribution in [0, 0.1) is 27.7 Å². The monoisotopic (exact) mass is 1820 g/mol. The van der Waals surface area contributed by atoms with Crippen LogP contribution in [0.1, 0.15) is 113 Å². The number of benzene rings is 13. The third-order valence-corrected chi connectivity index (χ3v) is 31.8. The molecule has 0 bridgehead atoms. The van der Waals surface area contributed by atoms with Gasteiger partial charge in [-0.3, -0.25) is 4.79 Å². The normalized spacial score (nSPS) is 12.3. The van der Waals surface area contributed by atoms with Gasteiger partial charge < -0.3 is 9.47 Å². The summed E-state index contributed by atoms with van der Waals surface area (Å²) in [6.45, 7) is 23.3. The van der Waals surface area contributed by atoms with Crippen molar-refractivity contribution in [3.8, 4) is 21.3 Å². The largest absolute Gasteiger partial charge is 0.586 e. The molecule has 652 valence electrons. The Morgan fingerprint density at radius 1 is 0.312 bits per heavy atom. The van der Waals surface area contributed by atoms with E-state index in [9.17, 15) is 57.5 Å². The van der Waals surface area contributed by atoms with Crippen LogP contribution in [0.15, 0.2) is 355 Å². The minimum absolute atomic E-state index is 0.0350. The van der Waals surface area contributed by atoms with Gasteiger partial charge >= 0.3 is 22.7 Å². The Morgan fingerprint density at radius 2 is 0.632 bits per heavy atom. The lowest BCUT2D eigenvalue weighted by Crippen LogP contribution is -2.24. The number of ether oxygens (including phenoxy) is 2. The van der Waals surface area contributed by atoms with Gasteiger partial charge in [0.2, 0.25) is 5.43 Å². The van der Waals surface area contributed by atoms with Gasteiger partial charge in [0, 0.05) is 66.9 Å². The summed E-state index contributed by atoms with van der Waals surface area (Å²) in [5, 5.41) is 3.38. The molecule has 2 unspecified atom stereocenters. The standard InChI is InChI=1S/C26H29OS.C21H26F3S.C20H12F3OS.C16H16F3OS.C13H10F3S.C8H11S/c1-4-5-6-11-16-27-26-19(2)17-21(18-20(26)3)28-24-14-9-7-12-22(24)23-13-8-10-15-25(23)28;1-19(2,3)15-7-11-17(12-8-15)25(21(22,23)24)18-13-9-16(10-14-18)20(4,5)6;21-20(22,23)13-10-11-18-16(12-13)19(24)15-8-4-5-9-17(15)25(18)14-6-2-1-3-7-14;1-11-9-14(10-12(2)15(11)20-3)21(16(17,18)19)13-7-5-4-6-8-13;14-13(15,16)17(11-7-3-1-4-8-11)12-9-5-2-6-10-12;1-9(2)8-6-4-3-5-7-8/h7-10,12-15,17-18H,4-6,11,16H2,1-3H3;7-14H,1-6H3;1-12H;4-10H,1-3H3;1-10H;3-7H,1-2H3/q6*+1. The van der Waals surface area contributed by atoms with Gasteiger partial charge in [0.05, 0.1) is 30.1 Å². The smallest absolute Gasteiger partial charge is 0.496 e. The van der Waals surface area contributed by atoms with E-state index >= 15 is 0 Å². The fraction of sp³-hybridized carbons (Fsp3) is 0.240. The number of hydrogen-bond donors (Lipinski definition) is 0. The van der Waals surface area contributed by atoms with Gasteiger partial charge in [-0.1, -0.05) is 219 Å². The van der Waals surface area contributed by atoms with E-state index in [-0.39, 0.29) is 41.9 Å². The highest BCUT2D eigenvalue weighted by Gasteiger charge is 2.57. The summed E-state index contributed by atoms with van der Waals surface area (Å²) < 4.78 is 176. The lowest BCUT2D eigenvalue weighted by molar-refractivity contribution is -0.137. The Labute approximate surface area is 743 Å². The molecule has 0 saturated carbocycles. The molecule has 0 fully saturated rings. The maximum absolute atomic E-state index is 13.8. The summed E-state index contributed by atoms with van der Waals surface area (Å²) in [6, 6.07) is 94.1. The quantitative estimate of drug-likeness (QED) is 0.0419. The lowest BCUT2D eigenvalue weighted by atomic mass is 9.87. The van der Waals surface area contributed by atoms with Gasteiger partial charge in [0.1, 0.15) is 24.0 Å². The fourth-order valence-electron chi connectivity index (χ4n) is 14.1. The Bertz CT molecular complexity index is 5850. The van der Waals surface area contributed by atoms with Crippen LogP contribution in [0.3, 0.4) is 0 Å². The molecule has 0 radical (unpaired) electrons. The van der Waals surface area contributed by atoms with Crippen LogP contribution in [0.4, 0.5) is 52.7 Å². The minimum atomic E-state index is -4.47. The molecule has 0 aliphatic heterocycles. The first-order chi connectivity index (χ1) is 59.2. The SMILES string of the molecule is CC(C)(C)c1ccc([S+](c2ccc(C(C)(C)C)cc2)C(F)(F)F)cc1.CCCCCCOc1c(C)cc(-[s+]2c3ccccc3c3ccccc32)cc1C.COc1c(C)cc([S+](c2ccccc2)C(F)(F)F)cc1C.C[S+](C)c1ccccc1.FC(F)(F)[S+](c1ccccc1)c1ccccc1.O=c1c2ccccc2[s+](-c2ccccc2)c2ccc(C(F)(F)F)cc12. The van der Waals surface area contributed by atoms with E-state index in [4.69, 9.17) is 9.47 Å². The van der Waals surface area contributed by atoms with Gasteiger partial charge in [0.25, 0.3) is 0 Å². The maximum Gasteiger partial charge on any atom is 0.586 e. The minimum Gasteiger partial charge on any atom is -0.496 e. The summed E-state index contributed by atoms with van der Waals surface area (Å²) >= 11 is 0. The van der Waals surface area contributed by atoms with Crippen LogP contribution >= 0.6 is 20.9 Å². The zero-order chi connectivity index (χ0) is 90.8. The van der Waals surface area contributed by atoms with Gasteiger partial charge in [-0.25, -0.2) is 0 Å². The fourth-order valence-corrected chi connectivity index (χ4v) is 24.9. The number of fused-ring (bicyclic) bond motifs is 5. The molecule has 3 nitrogen and oxygen atoms in total. The van der Waals surface area contributed by atoms with Crippen LogP contribution in [-0.4, -0.2) is 42.8 Å². The predicted octanol–water partition coefficient (Wildman–Crippen LogP) is 32.3. The van der Waals surface area contributed by atoms with Crippen molar-refractivity contribution < 1.29 is 62.2 Å². The van der Waals surface area contributed by atoms with E-state index in [0.717, 1.165) is 51.6 Å². The number of unbranched alkanes of at least 4 members (excludes halogenated alkanes) is 3. The number of halogens is 12. The van der Waals surface area contributed by atoms with Crippen molar-refractivity contribution in [3.63, 3.8) is 0 Å². The summed E-state index contributed by atoms with van der Waals surface area (Å²) in [6.07, 6.45) is 4.94. The predicted molar refractivity (Wildman–Crippen MR) is 507 cm³/mol. The van der Waals surface area contributed by atoms with E-state index in [1.165, 1.54) is 110 Å². The number of rotatable bonds is 16. The third-order valence-electron chi connectivity index (χ3n) is 20.2. The Kier molecular flexibility index (Phi) is 33.5. The highest BCUT2D eigenvalue weighted by atomic mass is 32.2. The highest BCUT2D eigenvalue weighted by molar-refractivity contribution is 7.98. The lowest BCUT2D eigenvalue weighted by Gasteiger charge is -2.20. The van der Waals surface area contributed by atoms with Gasteiger partial charge in [-0.2, -0.15) is 13.2 Å². The molecule has 21 heteroatoms. The molecule has 2 aromatic heterocycles. The Balaban J connectivity index is 0.000000160. The van der Waals surface area contributed by atoms with Crippen LogP contribution in [-0.2, 0) is 60.6 Å². The molecule has 0 N–H and O–H groups in total. The second-order valence-electron chi connectivity index (χ2n) is 31.7. The molecule has 13 aromatic carbocycles. The van der Waals surface area contributed by atoms with Crippen LogP contribution in [0.25, 0.3) is 50.1 Å². The number of hydrogen-bond acceptors (Lipinski definition) is 3. The molecular weight excluding hydrogens is 1720 g/mol. The summed E-state index contributed by atoms with van der Waals surface area (Å²) in [5.74, 6) is 1.71. The molecule has 0 saturated heterocycles. The van der Waals surface area contributed by atoms with Crippen LogP contribution in [0.5, 0.6) is 11.5 Å². The van der Waals surface area contributed by atoms with E-state index in [1.807, 2.05) is 66.7 Å². The molecule has 0 aliphatic rings. The number of alkyl halides is 12. The first-order valence-corrected chi connectivity index (χ1v) is 48.8. The van der Waals surface area contributed by atoms with Crippen molar-refractivity contribution in [1.82, 2.24) is 0 Å². The van der Waals surface area contributed by atoms with Gasteiger partial charge in [-0.05, 0) is 218 Å². The molecule has 125 heavy (non-hydrogen) atoms. The summed E-state index contributed by atoms with van der Waals surface area (Å²) in [7, 11) is -4.45. The van der Waals surface area contributed by atoms with Gasteiger partial charge in [0.15, 0.2) is 95.5 Å². The number of aryl methyl sites for hydroxylation is 4. The average Bonchev–Trinajstić information content (AvgIpc) is 1.71. The van der Waals surface area contributed by atoms with Crippen molar-refractivity contribution in [3.05, 3.63) is 365 Å². The van der Waals surface area contributed by atoms with Crippen molar-refractivity contribution in [1.29, 1.82) is 0 Å². The zero-order valence-electron chi connectivity index (χ0n) is 72.3. The molecule has 2 heterocycles. The summed E-state index contributed by atoms with van der Waals surface area (Å²) in [5.41, 5.74) is -8.17. The molecular formula is C104H104F12O3S6+6. The van der Waals surface area contributed by atoms with Crippen molar-refractivity contribution in [2.24, 2.45) is 0 Å². The summed E-state index contributed by atoms with van der Waals surface area (Å²) in [4.78, 5) is 18.4. The average molecular weight is 1820 g/mol. The van der Waals surface area contributed by atoms with E-state index in [1.54, 1.807) is 117 Å². The number of methoxy groups -OCH3 is 1. The molecule has 15 rings (SSSR count). The zero-order valence-corrected chi connectivity index (χ0v) is 77.2. The van der Waals surface area contributed by atoms with Crippen LogP contribution < -0.4 is 14.9 Å². The second-order valence-corrected chi connectivity index (χ2v) is 43.8. The molecule has 0 spiro atoms. The number of thiophene rings is 1. The first-order valence-electron chi connectivity index (χ1n) is 40.6. The Morgan fingerprint density at radius 3 is 0.992 bits per heavy atom. The molecule has 0 amide bonds.